The van der Waals surface area contributed by atoms with E-state index in [2.05, 4.69) is 60.1 Å². The Balaban J connectivity index is 1.39. The van der Waals surface area contributed by atoms with Crippen molar-refractivity contribution in [2.45, 2.75) is 33.1 Å². The second-order valence-corrected chi connectivity index (χ2v) is 7.94. The summed E-state index contributed by atoms with van der Waals surface area (Å²) in [7, 11) is 0. The molecule has 2 aromatic carbocycles. The molecule has 2 nitrogen and oxygen atoms in total. The van der Waals surface area contributed by atoms with Crippen LogP contribution in [0.1, 0.15) is 29.5 Å². The fraction of sp³-hybridized carbons (Fsp3) is 0.381. The van der Waals surface area contributed by atoms with Crippen molar-refractivity contribution in [3.63, 3.8) is 0 Å². The highest BCUT2D eigenvalue weighted by Crippen LogP contribution is 2.29. The second-order valence-electron chi connectivity index (χ2n) is 7.06. The average Bonchev–Trinajstić information content (AvgIpc) is 3.06. The number of benzene rings is 2. The van der Waals surface area contributed by atoms with Crippen LogP contribution in [0.25, 0.3) is 10.2 Å². The van der Waals surface area contributed by atoms with E-state index in [-0.39, 0.29) is 0 Å². The predicted molar refractivity (Wildman–Crippen MR) is 104 cm³/mol. The van der Waals surface area contributed by atoms with Crippen LogP contribution in [0, 0.1) is 19.8 Å². The number of thiazole rings is 1. The fourth-order valence-corrected chi connectivity index (χ4v) is 4.41. The van der Waals surface area contributed by atoms with Gasteiger partial charge in [0.15, 0.2) is 0 Å². The van der Waals surface area contributed by atoms with Crippen LogP contribution in [0.15, 0.2) is 41.9 Å². The van der Waals surface area contributed by atoms with E-state index in [1.165, 1.54) is 59.4 Å². The number of aryl methyl sites for hydroxylation is 2. The van der Waals surface area contributed by atoms with Gasteiger partial charge in [-0.2, -0.15) is 0 Å². The van der Waals surface area contributed by atoms with E-state index in [9.17, 15) is 0 Å². The van der Waals surface area contributed by atoms with Gasteiger partial charge in [0, 0.05) is 18.8 Å². The van der Waals surface area contributed by atoms with Gasteiger partial charge in [-0.15, -0.1) is 11.3 Å². The first-order valence-electron chi connectivity index (χ1n) is 8.83. The standard InChI is InChI=1S/C21H24N2S/c1-15-3-4-18(11-16(15)2)12-17-7-9-23(10-8-17)19-5-6-20-21(13-19)24-14-22-20/h3-6,11,13-14,17H,7-10,12H2,1-2H3. The largest absolute Gasteiger partial charge is 0.371 e. The molecule has 4 rings (SSSR count). The summed E-state index contributed by atoms with van der Waals surface area (Å²) in [5, 5.41) is 0. The summed E-state index contributed by atoms with van der Waals surface area (Å²) in [6, 6.07) is 13.6. The number of hydrogen-bond donors (Lipinski definition) is 0. The van der Waals surface area contributed by atoms with E-state index in [1.54, 1.807) is 11.3 Å². The van der Waals surface area contributed by atoms with Crippen LogP contribution in [-0.2, 0) is 6.42 Å². The van der Waals surface area contributed by atoms with Gasteiger partial charge in [0.05, 0.1) is 15.7 Å². The van der Waals surface area contributed by atoms with E-state index in [1.807, 2.05) is 5.51 Å². The molecule has 0 unspecified atom stereocenters. The van der Waals surface area contributed by atoms with Gasteiger partial charge in [0.1, 0.15) is 0 Å². The van der Waals surface area contributed by atoms with E-state index < -0.39 is 0 Å². The van der Waals surface area contributed by atoms with Crippen molar-refractivity contribution in [1.29, 1.82) is 0 Å². The molecule has 0 N–H and O–H groups in total. The molecule has 0 aliphatic carbocycles. The maximum absolute atomic E-state index is 4.38. The molecule has 3 heteroatoms. The molecule has 2 heterocycles. The topological polar surface area (TPSA) is 16.1 Å². The molecule has 0 radical (unpaired) electrons. The molecule has 1 aliphatic rings. The highest BCUT2D eigenvalue weighted by atomic mass is 32.1. The maximum Gasteiger partial charge on any atom is 0.0813 e. The summed E-state index contributed by atoms with van der Waals surface area (Å²) in [6.07, 6.45) is 3.80. The van der Waals surface area contributed by atoms with Crippen LogP contribution in [0.4, 0.5) is 5.69 Å². The Bertz CT molecular complexity index is 844. The molecule has 1 aromatic heterocycles. The monoisotopic (exact) mass is 336 g/mol. The first kappa shape index (κ1) is 15.6. The minimum Gasteiger partial charge on any atom is -0.371 e. The molecule has 1 aliphatic heterocycles. The lowest BCUT2D eigenvalue weighted by Crippen LogP contribution is -2.34. The summed E-state index contributed by atoms with van der Waals surface area (Å²) >= 11 is 1.73. The third-order valence-electron chi connectivity index (χ3n) is 5.39. The number of hydrogen-bond acceptors (Lipinski definition) is 3. The van der Waals surface area contributed by atoms with Crippen LogP contribution in [0.2, 0.25) is 0 Å². The Morgan fingerprint density at radius 2 is 1.88 bits per heavy atom. The zero-order valence-corrected chi connectivity index (χ0v) is 15.3. The third kappa shape index (κ3) is 3.18. The molecule has 124 valence electrons. The molecule has 0 amide bonds. The molecule has 0 bridgehead atoms. The van der Waals surface area contributed by atoms with Crippen LogP contribution >= 0.6 is 11.3 Å². The Labute approximate surface area is 148 Å². The predicted octanol–water partition coefficient (Wildman–Crippen LogP) is 5.37. The minimum atomic E-state index is 0.815. The zero-order chi connectivity index (χ0) is 16.5. The number of fused-ring (bicyclic) bond motifs is 1. The van der Waals surface area contributed by atoms with Crippen LogP contribution in [0.5, 0.6) is 0 Å². The summed E-state index contributed by atoms with van der Waals surface area (Å²) in [4.78, 5) is 6.91. The normalized spacial score (nSPS) is 16.0. The lowest BCUT2D eigenvalue weighted by Gasteiger charge is -2.33. The van der Waals surface area contributed by atoms with Gasteiger partial charge < -0.3 is 4.90 Å². The van der Waals surface area contributed by atoms with Crippen LogP contribution < -0.4 is 4.90 Å². The SMILES string of the molecule is Cc1ccc(CC2CCN(c3ccc4ncsc4c3)CC2)cc1C. The van der Waals surface area contributed by atoms with Crippen molar-refractivity contribution in [2.75, 3.05) is 18.0 Å². The van der Waals surface area contributed by atoms with Crippen molar-refractivity contribution in [2.24, 2.45) is 5.92 Å². The molecule has 0 saturated carbocycles. The number of piperidine rings is 1. The summed E-state index contributed by atoms with van der Waals surface area (Å²) < 4.78 is 1.30. The number of nitrogens with zero attached hydrogens (tertiary/aromatic N) is 2. The Morgan fingerprint density at radius 3 is 2.67 bits per heavy atom. The van der Waals surface area contributed by atoms with Gasteiger partial charge >= 0.3 is 0 Å². The van der Waals surface area contributed by atoms with Crippen LogP contribution in [0.3, 0.4) is 0 Å². The molecule has 24 heavy (non-hydrogen) atoms. The first-order chi connectivity index (χ1) is 11.7. The first-order valence-corrected chi connectivity index (χ1v) is 9.71. The van der Waals surface area contributed by atoms with Gasteiger partial charge in [-0.3, -0.25) is 0 Å². The lowest BCUT2D eigenvalue weighted by molar-refractivity contribution is 0.404. The average molecular weight is 337 g/mol. The Morgan fingerprint density at radius 1 is 1.04 bits per heavy atom. The summed E-state index contributed by atoms with van der Waals surface area (Å²) in [6.45, 7) is 6.74. The van der Waals surface area contributed by atoms with E-state index in [0.717, 1.165) is 11.4 Å². The van der Waals surface area contributed by atoms with Gasteiger partial charge in [0.2, 0.25) is 0 Å². The smallest absolute Gasteiger partial charge is 0.0813 e. The van der Waals surface area contributed by atoms with E-state index in [4.69, 9.17) is 0 Å². The Kier molecular flexibility index (Phi) is 4.28. The summed E-state index contributed by atoms with van der Waals surface area (Å²) in [5.74, 6) is 0.815. The Hall–Kier alpha value is -1.87. The lowest BCUT2D eigenvalue weighted by atomic mass is 9.89. The zero-order valence-electron chi connectivity index (χ0n) is 14.5. The van der Waals surface area contributed by atoms with Gasteiger partial charge in [0.25, 0.3) is 0 Å². The minimum absolute atomic E-state index is 0.815. The van der Waals surface area contributed by atoms with Gasteiger partial charge in [-0.25, -0.2) is 4.98 Å². The molecule has 3 aromatic rings. The van der Waals surface area contributed by atoms with Gasteiger partial charge in [-0.1, -0.05) is 18.2 Å². The van der Waals surface area contributed by atoms with Crippen molar-refractivity contribution >= 4 is 27.2 Å². The van der Waals surface area contributed by atoms with Crippen molar-refractivity contribution in [3.05, 3.63) is 58.6 Å². The quantitative estimate of drug-likeness (QED) is 0.639. The van der Waals surface area contributed by atoms with Crippen molar-refractivity contribution < 1.29 is 0 Å². The maximum atomic E-state index is 4.38. The third-order valence-corrected chi connectivity index (χ3v) is 6.18. The fourth-order valence-electron chi connectivity index (χ4n) is 3.70. The van der Waals surface area contributed by atoms with Gasteiger partial charge in [-0.05, 0) is 73.9 Å². The second kappa shape index (κ2) is 6.56. The molecule has 1 fully saturated rings. The number of rotatable bonds is 3. The number of aromatic nitrogens is 1. The summed E-state index contributed by atoms with van der Waals surface area (Å²) in [5.41, 5.74) is 8.73. The molecule has 1 saturated heterocycles. The van der Waals surface area contributed by atoms with Crippen LogP contribution in [-0.4, -0.2) is 18.1 Å². The van der Waals surface area contributed by atoms with E-state index >= 15 is 0 Å². The highest BCUT2D eigenvalue weighted by molar-refractivity contribution is 7.16. The molecular formula is C21H24N2S. The molecule has 0 spiro atoms. The molecular weight excluding hydrogens is 312 g/mol. The number of anilines is 1. The van der Waals surface area contributed by atoms with Crippen molar-refractivity contribution in [1.82, 2.24) is 4.98 Å². The molecule has 0 atom stereocenters. The van der Waals surface area contributed by atoms with E-state index in [0.29, 0.717) is 0 Å². The highest BCUT2D eigenvalue weighted by Gasteiger charge is 2.20. The van der Waals surface area contributed by atoms with Crippen molar-refractivity contribution in [3.8, 4) is 0 Å².